The Kier molecular flexibility index (Phi) is 8.28. The minimum absolute atomic E-state index is 0.118. The highest BCUT2D eigenvalue weighted by atomic mass is 16.5. The lowest BCUT2D eigenvalue weighted by atomic mass is 10.1. The number of hydrogen-bond donors (Lipinski definition) is 2. The average Bonchev–Trinajstić information content (AvgIpc) is 2.67. The second-order valence-corrected chi connectivity index (χ2v) is 7.15. The maximum Gasteiger partial charge on any atom is 0.189 e. The zero-order valence-electron chi connectivity index (χ0n) is 17.2. The Labute approximate surface area is 172 Å². The first-order valence-corrected chi connectivity index (χ1v) is 9.61. The Hall–Kier alpha value is -3.27. The molecule has 0 saturated carbocycles. The average molecular weight is 392 g/mol. The Balaban J connectivity index is 1.93. The quantitative estimate of drug-likeness (QED) is 0.309. The molecule has 0 bridgehead atoms. The van der Waals surface area contributed by atoms with Crippen LogP contribution in [0.5, 0.6) is 17.2 Å². The predicted molar refractivity (Wildman–Crippen MR) is 117 cm³/mol. The predicted octanol–water partition coefficient (Wildman–Crippen LogP) is 6.07. The summed E-state index contributed by atoms with van der Waals surface area (Å²) in [6, 6.07) is 11.2. The molecule has 0 unspecified atom stereocenters. The Bertz CT molecular complexity index is 914. The number of carbonyl (C=O) groups is 1. The molecule has 0 atom stereocenters. The van der Waals surface area contributed by atoms with Gasteiger partial charge in [0.05, 0.1) is 5.56 Å². The molecule has 0 saturated heterocycles. The van der Waals surface area contributed by atoms with E-state index < -0.39 is 0 Å². The van der Waals surface area contributed by atoms with Crippen LogP contribution in [0.15, 0.2) is 71.8 Å². The van der Waals surface area contributed by atoms with E-state index in [1.807, 2.05) is 6.08 Å². The Morgan fingerprint density at radius 2 is 1.72 bits per heavy atom. The van der Waals surface area contributed by atoms with Gasteiger partial charge in [0.25, 0.3) is 0 Å². The number of phenols is 2. The highest BCUT2D eigenvalue weighted by Crippen LogP contribution is 2.25. The van der Waals surface area contributed by atoms with Crippen molar-refractivity contribution in [2.75, 3.05) is 6.61 Å². The smallest absolute Gasteiger partial charge is 0.189 e. The molecule has 4 heteroatoms. The molecule has 29 heavy (non-hydrogen) atoms. The fraction of sp³-hybridized carbons (Fsp3) is 0.240. The Morgan fingerprint density at radius 3 is 2.38 bits per heavy atom. The van der Waals surface area contributed by atoms with Crippen LogP contribution in [0.3, 0.4) is 0 Å². The Morgan fingerprint density at radius 1 is 1.00 bits per heavy atom. The molecule has 2 aromatic rings. The first kappa shape index (κ1) is 22.0. The van der Waals surface area contributed by atoms with E-state index in [1.54, 1.807) is 42.5 Å². The third kappa shape index (κ3) is 7.70. The standard InChI is InChI=1S/C25H28O4/c1-18(2)5-4-6-19(3)15-16-29-22-12-13-23(25(28)17-22)24(27)14-9-20-7-10-21(26)11-8-20/h5,7-15,17,26,28H,4,6,16H2,1-3H3/b14-9?,19-15+. The van der Waals surface area contributed by atoms with Gasteiger partial charge in [-0.3, -0.25) is 4.79 Å². The van der Waals surface area contributed by atoms with E-state index in [0.717, 1.165) is 18.4 Å². The van der Waals surface area contributed by atoms with Gasteiger partial charge in [-0.2, -0.15) is 0 Å². The van der Waals surface area contributed by atoms with Crippen molar-refractivity contribution in [1.29, 1.82) is 0 Å². The van der Waals surface area contributed by atoms with Crippen molar-refractivity contribution >= 4 is 11.9 Å². The molecule has 0 aliphatic rings. The number of ketones is 1. The van der Waals surface area contributed by atoms with E-state index in [1.165, 1.54) is 23.3 Å². The number of rotatable bonds is 9. The molecule has 0 aliphatic heterocycles. The summed E-state index contributed by atoms with van der Waals surface area (Å²) >= 11 is 0. The first-order chi connectivity index (χ1) is 13.8. The van der Waals surface area contributed by atoms with Crippen molar-refractivity contribution in [3.8, 4) is 17.2 Å². The van der Waals surface area contributed by atoms with Crippen molar-refractivity contribution in [2.24, 2.45) is 0 Å². The number of phenolic OH excluding ortho intramolecular Hbond substituents is 2. The fourth-order valence-corrected chi connectivity index (χ4v) is 2.63. The van der Waals surface area contributed by atoms with Crippen molar-refractivity contribution in [3.63, 3.8) is 0 Å². The molecule has 2 rings (SSSR count). The molecule has 0 spiro atoms. The van der Waals surface area contributed by atoms with E-state index in [0.29, 0.717) is 12.4 Å². The molecule has 152 valence electrons. The second kappa shape index (κ2) is 10.9. The summed E-state index contributed by atoms with van der Waals surface area (Å²) in [5.74, 6) is 0.249. The summed E-state index contributed by atoms with van der Waals surface area (Å²) in [5, 5.41) is 19.5. The van der Waals surface area contributed by atoms with Gasteiger partial charge in [-0.25, -0.2) is 0 Å². The van der Waals surface area contributed by atoms with Crippen LogP contribution in [0.1, 0.15) is 49.5 Å². The van der Waals surface area contributed by atoms with Crippen LogP contribution >= 0.6 is 0 Å². The number of ether oxygens (including phenoxy) is 1. The largest absolute Gasteiger partial charge is 0.508 e. The van der Waals surface area contributed by atoms with Crippen molar-refractivity contribution < 1.29 is 19.7 Å². The van der Waals surface area contributed by atoms with Crippen molar-refractivity contribution in [2.45, 2.75) is 33.6 Å². The van der Waals surface area contributed by atoms with E-state index in [4.69, 9.17) is 4.74 Å². The minimum atomic E-state index is -0.308. The third-order valence-corrected chi connectivity index (χ3v) is 4.33. The van der Waals surface area contributed by atoms with E-state index in [-0.39, 0.29) is 22.8 Å². The molecular weight excluding hydrogens is 364 g/mol. The summed E-state index contributed by atoms with van der Waals surface area (Å²) in [4.78, 5) is 12.3. The fourth-order valence-electron chi connectivity index (χ4n) is 2.63. The normalized spacial score (nSPS) is 11.5. The molecule has 2 N–H and O–H groups in total. The number of allylic oxidation sites excluding steroid dienone is 4. The van der Waals surface area contributed by atoms with Crippen LogP contribution in [0.2, 0.25) is 0 Å². The summed E-state index contributed by atoms with van der Waals surface area (Å²) in [5.41, 5.74) is 3.55. The van der Waals surface area contributed by atoms with Gasteiger partial charge >= 0.3 is 0 Å². The number of benzene rings is 2. The lowest BCUT2D eigenvalue weighted by Gasteiger charge is -2.07. The van der Waals surface area contributed by atoms with Crippen LogP contribution in [0.25, 0.3) is 6.08 Å². The monoisotopic (exact) mass is 392 g/mol. The highest BCUT2D eigenvalue weighted by molar-refractivity contribution is 6.08. The topological polar surface area (TPSA) is 66.8 Å². The van der Waals surface area contributed by atoms with Gasteiger partial charge in [-0.05, 0) is 75.6 Å². The van der Waals surface area contributed by atoms with Gasteiger partial charge in [0.2, 0.25) is 0 Å². The number of aromatic hydroxyl groups is 2. The molecule has 0 fully saturated rings. The lowest BCUT2D eigenvalue weighted by molar-refractivity contribution is 0.104. The third-order valence-electron chi connectivity index (χ3n) is 4.33. The molecule has 4 nitrogen and oxygen atoms in total. The molecule has 0 amide bonds. The molecular formula is C25H28O4. The maximum atomic E-state index is 12.3. The molecule has 0 aromatic heterocycles. The zero-order chi connectivity index (χ0) is 21.2. The van der Waals surface area contributed by atoms with Crippen molar-refractivity contribution in [3.05, 3.63) is 83.0 Å². The highest BCUT2D eigenvalue weighted by Gasteiger charge is 2.09. The summed E-state index contributed by atoms with van der Waals surface area (Å²) in [6.45, 7) is 6.66. The van der Waals surface area contributed by atoms with Gasteiger partial charge in [0.1, 0.15) is 23.9 Å². The maximum absolute atomic E-state index is 12.3. The molecule has 2 aromatic carbocycles. The lowest BCUT2D eigenvalue weighted by Crippen LogP contribution is -1.98. The van der Waals surface area contributed by atoms with Crippen LogP contribution in [-0.2, 0) is 0 Å². The van der Waals surface area contributed by atoms with Gasteiger partial charge in [-0.1, -0.05) is 35.4 Å². The van der Waals surface area contributed by atoms with E-state index >= 15 is 0 Å². The molecule has 0 heterocycles. The number of carbonyl (C=O) groups excluding carboxylic acids is 1. The van der Waals surface area contributed by atoms with Gasteiger partial charge in [0, 0.05) is 6.07 Å². The summed E-state index contributed by atoms with van der Waals surface area (Å²) < 4.78 is 5.66. The van der Waals surface area contributed by atoms with Crippen LogP contribution < -0.4 is 4.74 Å². The zero-order valence-corrected chi connectivity index (χ0v) is 17.2. The van der Waals surface area contributed by atoms with Crippen LogP contribution in [0, 0.1) is 0 Å². The van der Waals surface area contributed by atoms with E-state index in [2.05, 4.69) is 26.8 Å². The molecule has 0 radical (unpaired) electrons. The van der Waals surface area contributed by atoms with Gasteiger partial charge in [-0.15, -0.1) is 0 Å². The van der Waals surface area contributed by atoms with E-state index in [9.17, 15) is 15.0 Å². The van der Waals surface area contributed by atoms with Gasteiger partial charge < -0.3 is 14.9 Å². The molecule has 0 aliphatic carbocycles. The minimum Gasteiger partial charge on any atom is -0.508 e. The van der Waals surface area contributed by atoms with Crippen LogP contribution in [-0.4, -0.2) is 22.6 Å². The summed E-state index contributed by atoms with van der Waals surface area (Å²) in [6.07, 6.45) is 9.26. The van der Waals surface area contributed by atoms with Crippen molar-refractivity contribution in [1.82, 2.24) is 0 Å². The van der Waals surface area contributed by atoms with Crippen LogP contribution in [0.4, 0.5) is 0 Å². The van der Waals surface area contributed by atoms with Gasteiger partial charge in [0.15, 0.2) is 5.78 Å². The second-order valence-electron chi connectivity index (χ2n) is 7.15. The first-order valence-electron chi connectivity index (χ1n) is 9.61. The number of hydrogen-bond acceptors (Lipinski definition) is 4. The SMILES string of the molecule is CC(C)=CCC/C(C)=C/COc1ccc(C(=O)C=Cc2ccc(O)cc2)c(O)c1. The summed E-state index contributed by atoms with van der Waals surface area (Å²) in [7, 11) is 0.